The van der Waals surface area contributed by atoms with Crippen LogP contribution in [0.1, 0.15) is 11.1 Å². The first kappa shape index (κ1) is 13.2. The Morgan fingerprint density at radius 3 is 2.68 bits per heavy atom. The van der Waals surface area contributed by atoms with Gasteiger partial charge in [-0.25, -0.2) is 0 Å². The van der Waals surface area contributed by atoms with Crippen LogP contribution in [0.5, 0.6) is 5.75 Å². The van der Waals surface area contributed by atoms with Gasteiger partial charge in [0, 0.05) is 10.6 Å². The predicted octanol–water partition coefficient (Wildman–Crippen LogP) is 2.88. The number of ether oxygens (including phenoxy) is 1. The smallest absolute Gasteiger partial charge is 0.266 e. The average molecular weight is 275 g/mol. The van der Waals surface area contributed by atoms with E-state index in [1.807, 2.05) is 6.07 Å². The lowest BCUT2D eigenvalue weighted by Gasteiger charge is -2.10. The third-order valence-electron chi connectivity index (χ3n) is 2.79. The molecule has 0 aliphatic rings. The zero-order valence-electron chi connectivity index (χ0n) is 10.5. The number of hydrogen-bond donors (Lipinski definition) is 1. The molecule has 19 heavy (non-hydrogen) atoms. The molecule has 0 unspecified atom stereocenters. The van der Waals surface area contributed by atoms with Gasteiger partial charge >= 0.3 is 0 Å². The van der Waals surface area contributed by atoms with Crippen molar-refractivity contribution in [2.45, 2.75) is 6.92 Å². The van der Waals surface area contributed by atoms with Crippen LogP contribution in [0.4, 0.5) is 0 Å². The minimum Gasteiger partial charge on any atom is -0.496 e. The quantitative estimate of drug-likeness (QED) is 0.916. The van der Waals surface area contributed by atoms with Crippen LogP contribution in [0.15, 0.2) is 29.1 Å². The van der Waals surface area contributed by atoms with E-state index < -0.39 is 5.56 Å². The van der Waals surface area contributed by atoms with Crippen LogP contribution in [0.25, 0.3) is 11.3 Å². The van der Waals surface area contributed by atoms with E-state index in [1.54, 1.807) is 38.3 Å². The number of hydrogen-bond acceptors (Lipinski definition) is 3. The van der Waals surface area contributed by atoms with Gasteiger partial charge in [-0.2, -0.15) is 5.26 Å². The number of benzene rings is 1. The van der Waals surface area contributed by atoms with Crippen molar-refractivity contribution in [3.05, 3.63) is 50.8 Å². The maximum atomic E-state index is 11.8. The minimum absolute atomic E-state index is 0.116. The Hall–Kier alpha value is -2.25. The highest BCUT2D eigenvalue weighted by atomic mass is 35.5. The lowest BCUT2D eigenvalue weighted by molar-refractivity contribution is 0.416. The molecule has 5 heteroatoms. The van der Waals surface area contributed by atoms with Gasteiger partial charge in [0.2, 0.25) is 0 Å². The van der Waals surface area contributed by atoms with Crippen molar-refractivity contribution in [3.8, 4) is 23.1 Å². The summed E-state index contributed by atoms with van der Waals surface area (Å²) in [6.07, 6.45) is 0. The van der Waals surface area contributed by atoms with E-state index in [0.717, 1.165) is 0 Å². The summed E-state index contributed by atoms with van der Waals surface area (Å²) in [5.41, 5.74) is 1.56. The molecular weight excluding hydrogens is 264 g/mol. The summed E-state index contributed by atoms with van der Waals surface area (Å²) in [5, 5.41) is 9.43. The highest BCUT2D eigenvalue weighted by Crippen LogP contribution is 2.31. The molecule has 0 saturated carbocycles. The Morgan fingerprint density at radius 1 is 1.37 bits per heavy atom. The van der Waals surface area contributed by atoms with Crippen molar-refractivity contribution < 1.29 is 4.74 Å². The molecule has 1 aromatic heterocycles. The number of aromatic amines is 1. The normalized spacial score (nSPS) is 10.0. The molecule has 1 aromatic carbocycles. The van der Waals surface area contributed by atoms with Gasteiger partial charge in [0.15, 0.2) is 0 Å². The number of aryl methyl sites for hydroxylation is 1. The number of nitriles is 1. The highest BCUT2D eigenvalue weighted by Gasteiger charge is 2.11. The largest absolute Gasteiger partial charge is 0.496 e. The van der Waals surface area contributed by atoms with Crippen LogP contribution in [-0.4, -0.2) is 12.1 Å². The Kier molecular flexibility index (Phi) is 3.59. The summed E-state index contributed by atoms with van der Waals surface area (Å²) >= 11 is 5.96. The number of rotatable bonds is 2. The first-order valence-corrected chi connectivity index (χ1v) is 5.92. The van der Waals surface area contributed by atoms with Gasteiger partial charge < -0.3 is 9.72 Å². The second-order valence-corrected chi connectivity index (χ2v) is 4.46. The van der Waals surface area contributed by atoms with Gasteiger partial charge in [-0.3, -0.25) is 4.79 Å². The van der Waals surface area contributed by atoms with Crippen LogP contribution in [-0.2, 0) is 0 Å². The number of nitrogens with zero attached hydrogens (tertiary/aromatic N) is 1. The molecule has 0 spiro atoms. The molecule has 0 amide bonds. The fourth-order valence-corrected chi connectivity index (χ4v) is 2.04. The molecule has 0 radical (unpaired) electrons. The van der Waals surface area contributed by atoms with Gasteiger partial charge in [0.05, 0.1) is 12.8 Å². The zero-order valence-corrected chi connectivity index (χ0v) is 11.2. The maximum Gasteiger partial charge on any atom is 0.266 e. The fourth-order valence-electron chi connectivity index (χ4n) is 1.86. The van der Waals surface area contributed by atoms with E-state index in [1.165, 1.54) is 0 Å². The lowest BCUT2D eigenvalue weighted by Crippen LogP contribution is -2.12. The van der Waals surface area contributed by atoms with E-state index in [2.05, 4.69) is 4.98 Å². The Balaban J connectivity index is 2.70. The maximum absolute atomic E-state index is 11.8. The molecule has 0 fully saturated rings. The predicted molar refractivity (Wildman–Crippen MR) is 73.5 cm³/mol. The standard InChI is InChI=1S/C14H11ClN2O2/c1-8-5-12(17-14(18)11(8)7-16)10-6-9(15)3-4-13(10)19-2/h3-6H,1-2H3,(H,17,18). The molecule has 0 aliphatic carbocycles. The molecule has 0 aliphatic heterocycles. The van der Waals surface area contributed by atoms with Crippen molar-refractivity contribution in [2.24, 2.45) is 0 Å². The van der Waals surface area contributed by atoms with Crippen molar-refractivity contribution >= 4 is 11.6 Å². The van der Waals surface area contributed by atoms with Crippen LogP contribution in [0.3, 0.4) is 0 Å². The number of aromatic nitrogens is 1. The molecule has 0 saturated heterocycles. The Morgan fingerprint density at radius 2 is 2.11 bits per heavy atom. The molecule has 1 N–H and O–H groups in total. The fraction of sp³-hybridized carbons (Fsp3) is 0.143. The van der Waals surface area contributed by atoms with Crippen molar-refractivity contribution in [1.82, 2.24) is 4.98 Å². The number of H-pyrrole nitrogens is 1. The first-order chi connectivity index (χ1) is 9.06. The van der Waals surface area contributed by atoms with Crippen molar-refractivity contribution in [1.29, 1.82) is 5.26 Å². The average Bonchev–Trinajstić information content (AvgIpc) is 2.38. The van der Waals surface area contributed by atoms with Gasteiger partial charge in [-0.15, -0.1) is 0 Å². The Bertz CT molecular complexity index is 729. The molecule has 4 nitrogen and oxygen atoms in total. The van der Waals surface area contributed by atoms with Gasteiger partial charge in [-0.1, -0.05) is 11.6 Å². The monoisotopic (exact) mass is 274 g/mol. The summed E-state index contributed by atoms with van der Waals surface area (Å²) in [6, 6.07) is 8.75. The van der Waals surface area contributed by atoms with Gasteiger partial charge in [0.25, 0.3) is 5.56 Å². The highest BCUT2D eigenvalue weighted by molar-refractivity contribution is 6.30. The second kappa shape index (κ2) is 5.17. The van der Waals surface area contributed by atoms with Crippen LogP contribution < -0.4 is 10.3 Å². The first-order valence-electron chi connectivity index (χ1n) is 5.54. The van der Waals surface area contributed by atoms with E-state index in [-0.39, 0.29) is 5.56 Å². The molecule has 96 valence electrons. The van der Waals surface area contributed by atoms with E-state index >= 15 is 0 Å². The number of methoxy groups -OCH3 is 1. The SMILES string of the molecule is COc1ccc(Cl)cc1-c1cc(C)c(C#N)c(=O)[nH]1. The summed E-state index contributed by atoms with van der Waals surface area (Å²) in [4.78, 5) is 14.5. The van der Waals surface area contributed by atoms with Crippen LogP contribution in [0.2, 0.25) is 5.02 Å². The zero-order chi connectivity index (χ0) is 14.0. The minimum atomic E-state index is -0.417. The van der Waals surface area contributed by atoms with Gasteiger partial charge in [0.1, 0.15) is 17.4 Å². The summed E-state index contributed by atoms with van der Waals surface area (Å²) < 4.78 is 5.25. The van der Waals surface area contributed by atoms with Crippen molar-refractivity contribution in [3.63, 3.8) is 0 Å². The lowest BCUT2D eigenvalue weighted by atomic mass is 10.1. The summed E-state index contributed by atoms with van der Waals surface area (Å²) in [5.74, 6) is 0.601. The van der Waals surface area contributed by atoms with E-state index in [0.29, 0.717) is 27.6 Å². The Labute approximate surface area is 115 Å². The topological polar surface area (TPSA) is 65.9 Å². The second-order valence-electron chi connectivity index (χ2n) is 4.03. The molecular formula is C14H11ClN2O2. The molecule has 1 heterocycles. The molecule has 2 aromatic rings. The summed E-state index contributed by atoms with van der Waals surface area (Å²) in [7, 11) is 1.54. The van der Waals surface area contributed by atoms with Crippen LogP contribution in [0, 0.1) is 18.3 Å². The number of nitrogens with one attached hydrogen (secondary N) is 1. The summed E-state index contributed by atoms with van der Waals surface area (Å²) in [6.45, 7) is 1.72. The number of halogens is 1. The number of pyridine rings is 1. The van der Waals surface area contributed by atoms with Crippen molar-refractivity contribution in [2.75, 3.05) is 7.11 Å². The molecule has 0 bridgehead atoms. The van der Waals surface area contributed by atoms with Crippen LogP contribution >= 0.6 is 11.6 Å². The third-order valence-corrected chi connectivity index (χ3v) is 3.03. The molecule has 2 rings (SSSR count). The van der Waals surface area contributed by atoms with Gasteiger partial charge in [-0.05, 0) is 36.8 Å². The third kappa shape index (κ3) is 2.47. The van der Waals surface area contributed by atoms with E-state index in [9.17, 15) is 4.79 Å². The van der Waals surface area contributed by atoms with E-state index in [4.69, 9.17) is 21.6 Å². The molecule has 0 atom stereocenters.